The van der Waals surface area contributed by atoms with Gasteiger partial charge < -0.3 is 10.2 Å². The molecule has 30 heavy (non-hydrogen) atoms. The summed E-state index contributed by atoms with van der Waals surface area (Å²) in [6.07, 6.45) is 1.68. The van der Waals surface area contributed by atoms with E-state index in [2.05, 4.69) is 4.99 Å². The number of hydrogen-bond donors (Lipinski definition) is 2. The van der Waals surface area contributed by atoms with Gasteiger partial charge in [-0.25, -0.2) is 4.79 Å². The van der Waals surface area contributed by atoms with Gasteiger partial charge in [0.1, 0.15) is 16.8 Å². The van der Waals surface area contributed by atoms with Gasteiger partial charge in [0, 0.05) is 23.1 Å². The molecule has 2 aliphatic rings. The first-order chi connectivity index (χ1) is 13.7. The molecule has 0 unspecified atom stereocenters. The van der Waals surface area contributed by atoms with Crippen LogP contribution in [0.3, 0.4) is 0 Å². The van der Waals surface area contributed by atoms with Crippen LogP contribution in [-0.2, 0) is 20.4 Å². The number of amides is 1. The second-order valence-electron chi connectivity index (χ2n) is 10.0. The summed E-state index contributed by atoms with van der Waals surface area (Å²) in [5.41, 5.74) is 2.75. The Kier molecular flexibility index (Phi) is 5.56. The fraction of sp³-hybridized carbons (Fsp3) is 0.522. The lowest BCUT2D eigenvalue weighted by atomic mass is 9.78. The van der Waals surface area contributed by atoms with E-state index in [9.17, 15) is 19.8 Å². The normalized spacial score (nSPS) is 22.4. The van der Waals surface area contributed by atoms with E-state index in [1.54, 1.807) is 13.1 Å². The van der Waals surface area contributed by atoms with Gasteiger partial charge in [0.2, 0.25) is 0 Å². The molecule has 1 amide bonds. The van der Waals surface area contributed by atoms with Crippen LogP contribution in [0.5, 0.6) is 5.75 Å². The zero-order valence-corrected chi connectivity index (χ0v) is 19.4. The smallest absolute Gasteiger partial charge is 0.352 e. The van der Waals surface area contributed by atoms with Crippen LogP contribution in [0, 0.1) is 0 Å². The van der Waals surface area contributed by atoms with Crippen molar-refractivity contribution in [1.82, 2.24) is 4.90 Å². The lowest BCUT2D eigenvalue weighted by Crippen LogP contribution is -2.64. The predicted octanol–water partition coefficient (Wildman–Crippen LogP) is 4.05. The average Bonchev–Trinajstić information content (AvgIpc) is 2.60. The van der Waals surface area contributed by atoms with Gasteiger partial charge in [-0.2, -0.15) is 0 Å². The lowest BCUT2D eigenvalue weighted by molar-refractivity contribution is -0.147. The van der Waals surface area contributed by atoms with E-state index >= 15 is 0 Å². The number of carbonyl (C=O) groups excluding carboxylic acids is 1. The fourth-order valence-corrected chi connectivity index (χ4v) is 5.09. The molecule has 2 N–H and O–H groups in total. The molecule has 1 saturated heterocycles. The number of nitrogens with zero attached hydrogens (tertiary/aromatic N) is 2. The molecule has 7 heteroatoms. The zero-order chi connectivity index (χ0) is 22.6. The van der Waals surface area contributed by atoms with Crippen LogP contribution in [0.1, 0.15) is 65.2 Å². The quantitative estimate of drug-likeness (QED) is 0.558. The molecule has 162 valence electrons. The molecule has 0 radical (unpaired) electrons. The maximum absolute atomic E-state index is 12.6. The highest BCUT2D eigenvalue weighted by Gasteiger charge is 2.53. The first-order valence-electron chi connectivity index (χ1n) is 10.0. The van der Waals surface area contributed by atoms with E-state index in [4.69, 9.17) is 0 Å². The average molecular weight is 431 g/mol. The van der Waals surface area contributed by atoms with E-state index < -0.39 is 12.0 Å². The minimum absolute atomic E-state index is 0.0878. The minimum atomic E-state index is -1.07. The highest BCUT2D eigenvalue weighted by atomic mass is 32.2. The lowest BCUT2D eigenvalue weighted by Gasteiger charge is -2.47. The number of phenolic OH excluding ortho intramolecular Hbond substituents is 1. The molecule has 2 heterocycles. The summed E-state index contributed by atoms with van der Waals surface area (Å²) in [6, 6.07) is 3.23. The third-order valence-corrected chi connectivity index (χ3v) is 6.88. The van der Waals surface area contributed by atoms with E-state index in [-0.39, 0.29) is 27.8 Å². The van der Waals surface area contributed by atoms with Gasteiger partial charge in [-0.1, -0.05) is 41.5 Å². The van der Waals surface area contributed by atoms with Crippen LogP contribution in [0.2, 0.25) is 0 Å². The highest BCUT2D eigenvalue weighted by molar-refractivity contribution is 8.00. The molecule has 1 fully saturated rings. The van der Waals surface area contributed by atoms with Gasteiger partial charge in [0.25, 0.3) is 5.91 Å². The monoisotopic (exact) mass is 430 g/mol. The number of thioether (sulfide) groups is 1. The summed E-state index contributed by atoms with van der Waals surface area (Å²) in [5.74, 6) is -0.487. The van der Waals surface area contributed by atoms with Crippen LogP contribution in [0.25, 0.3) is 0 Å². The SMILES string of the molecule is CC1=C(C(=O)O)N2C(=O)[C@@H](N=Cc3cc(C(C)(C)C)c(O)c(C(C)(C)C)c3)[C@@H]2SC1. The van der Waals surface area contributed by atoms with Gasteiger partial charge >= 0.3 is 5.97 Å². The number of fused-ring (bicyclic) bond motifs is 1. The highest BCUT2D eigenvalue weighted by Crippen LogP contribution is 2.42. The third-order valence-electron chi connectivity index (χ3n) is 5.47. The van der Waals surface area contributed by atoms with Gasteiger partial charge in [-0.15, -0.1) is 11.8 Å². The Hall–Kier alpha value is -2.28. The number of aliphatic imine (C=N–C) groups is 1. The van der Waals surface area contributed by atoms with Gasteiger partial charge in [0.15, 0.2) is 6.04 Å². The largest absolute Gasteiger partial charge is 0.507 e. The van der Waals surface area contributed by atoms with Crippen LogP contribution in [0.15, 0.2) is 28.4 Å². The summed E-state index contributed by atoms with van der Waals surface area (Å²) in [7, 11) is 0. The van der Waals surface area contributed by atoms with Crippen LogP contribution >= 0.6 is 11.8 Å². The summed E-state index contributed by atoms with van der Waals surface area (Å²) in [4.78, 5) is 30.1. The maximum atomic E-state index is 12.6. The molecule has 0 aromatic heterocycles. The Morgan fingerprint density at radius 1 is 1.17 bits per heavy atom. The number of hydrogen-bond acceptors (Lipinski definition) is 5. The summed E-state index contributed by atoms with van der Waals surface area (Å²) in [6.45, 7) is 14.0. The van der Waals surface area contributed by atoms with E-state index in [0.717, 1.165) is 16.7 Å². The zero-order valence-electron chi connectivity index (χ0n) is 18.6. The number of rotatable bonds is 3. The second-order valence-corrected chi connectivity index (χ2v) is 11.1. The minimum Gasteiger partial charge on any atom is -0.507 e. The molecule has 0 saturated carbocycles. The first-order valence-corrected chi connectivity index (χ1v) is 11.1. The number of aliphatic carboxylic acids is 1. The van der Waals surface area contributed by atoms with Crippen molar-refractivity contribution in [1.29, 1.82) is 0 Å². The number of benzene rings is 1. The van der Waals surface area contributed by atoms with Crippen LogP contribution < -0.4 is 0 Å². The molecule has 1 aromatic carbocycles. The number of aromatic hydroxyl groups is 1. The Bertz CT molecular complexity index is 931. The van der Waals surface area contributed by atoms with Crippen molar-refractivity contribution in [3.8, 4) is 5.75 Å². The van der Waals surface area contributed by atoms with Crippen LogP contribution in [0.4, 0.5) is 0 Å². The van der Waals surface area contributed by atoms with E-state index in [1.807, 2.05) is 53.7 Å². The number of phenols is 1. The molecule has 0 spiro atoms. The molecule has 3 rings (SSSR count). The van der Waals surface area contributed by atoms with Crippen LogP contribution in [-0.4, -0.2) is 50.4 Å². The molecule has 0 bridgehead atoms. The molecule has 1 aromatic rings. The fourth-order valence-electron chi connectivity index (χ4n) is 3.80. The second kappa shape index (κ2) is 7.45. The maximum Gasteiger partial charge on any atom is 0.352 e. The Balaban J connectivity index is 1.94. The van der Waals surface area contributed by atoms with E-state index in [0.29, 0.717) is 17.1 Å². The van der Waals surface area contributed by atoms with Crippen molar-refractivity contribution in [3.05, 3.63) is 40.1 Å². The molecule has 6 nitrogen and oxygen atoms in total. The van der Waals surface area contributed by atoms with Gasteiger partial charge in [-0.05, 0) is 41.0 Å². The van der Waals surface area contributed by atoms with E-state index in [1.165, 1.54) is 16.7 Å². The molecular formula is C23H30N2O4S. The first kappa shape index (κ1) is 22.4. The number of carboxylic acids is 1. The Morgan fingerprint density at radius 3 is 2.17 bits per heavy atom. The number of carboxylic acid groups (broad SMARTS) is 1. The Morgan fingerprint density at radius 2 is 1.70 bits per heavy atom. The van der Waals surface area contributed by atoms with Gasteiger partial charge in [-0.3, -0.25) is 14.7 Å². The predicted molar refractivity (Wildman–Crippen MR) is 120 cm³/mol. The Labute approximate surface area is 182 Å². The summed E-state index contributed by atoms with van der Waals surface area (Å²) < 4.78 is 0. The van der Waals surface area contributed by atoms with Gasteiger partial charge in [0.05, 0.1) is 0 Å². The molecular weight excluding hydrogens is 400 g/mol. The summed E-state index contributed by atoms with van der Waals surface area (Å²) >= 11 is 1.54. The summed E-state index contributed by atoms with van der Waals surface area (Å²) in [5, 5.41) is 20.0. The standard InChI is InChI=1S/C23H30N2O4S/c1-12-11-30-20-16(19(27)25(20)17(12)21(28)29)24-10-13-8-14(22(2,3)4)18(26)15(9-13)23(5,6)7/h8-10,16,20,26H,11H2,1-7H3,(H,28,29)/t16-,20+/m1/s1. The molecule has 0 aliphatic carbocycles. The van der Waals surface area contributed by atoms with Crippen molar-refractivity contribution in [2.45, 2.75) is 70.7 Å². The number of β-lactam (4-membered cyclic amide) rings is 1. The molecule has 2 atom stereocenters. The molecule has 2 aliphatic heterocycles. The van der Waals surface area contributed by atoms with Crippen molar-refractivity contribution >= 4 is 29.9 Å². The number of carbonyl (C=O) groups is 2. The van der Waals surface area contributed by atoms with Crippen molar-refractivity contribution in [2.24, 2.45) is 4.99 Å². The van der Waals surface area contributed by atoms with Crippen molar-refractivity contribution < 1.29 is 19.8 Å². The van der Waals surface area contributed by atoms with Crippen molar-refractivity contribution in [3.63, 3.8) is 0 Å². The topological polar surface area (TPSA) is 90.2 Å². The van der Waals surface area contributed by atoms with Crippen molar-refractivity contribution in [2.75, 3.05) is 5.75 Å². The third kappa shape index (κ3) is 3.87.